The van der Waals surface area contributed by atoms with Crippen molar-refractivity contribution in [3.8, 4) is 11.5 Å². The van der Waals surface area contributed by atoms with Crippen molar-refractivity contribution in [3.05, 3.63) is 23.8 Å². The Bertz CT molecular complexity index is 659. The van der Waals surface area contributed by atoms with Crippen LogP contribution >= 0.6 is 0 Å². The number of nitrogens with zero attached hydrogens (tertiary/aromatic N) is 1. The highest BCUT2D eigenvalue weighted by molar-refractivity contribution is 5.82. The SMILES string of the molecule is COc1cc(CN2CCC(NC(=O)C3CC4CCCCC4N3)C2)cc(OC)c1. The van der Waals surface area contributed by atoms with Gasteiger partial charge in [-0.25, -0.2) is 0 Å². The van der Waals surface area contributed by atoms with E-state index in [-0.39, 0.29) is 18.0 Å². The highest BCUT2D eigenvalue weighted by Crippen LogP contribution is 2.33. The number of nitrogens with one attached hydrogen (secondary N) is 2. The highest BCUT2D eigenvalue weighted by Gasteiger charge is 2.39. The minimum atomic E-state index is 0.00444. The predicted molar refractivity (Wildman–Crippen MR) is 109 cm³/mol. The average Bonchev–Trinajstić information content (AvgIpc) is 3.34. The number of likely N-dealkylation sites (tertiary alicyclic amines) is 1. The third kappa shape index (κ3) is 4.44. The molecule has 0 bridgehead atoms. The molecule has 2 heterocycles. The summed E-state index contributed by atoms with van der Waals surface area (Å²) in [4.78, 5) is 15.1. The van der Waals surface area contributed by atoms with Crippen LogP contribution in [0.15, 0.2) is 18.2 Å². The summed E-state index contributed by atoms with van der Waals surface area (Å²) in [5, 5.41) is 6.89. The Morgan fingerprint density at radius 1 is 1.14 bits per heavy atom. The topological polar surface area (TPSA) is 62.8 Å². The van der Waals surface area contributed by atoms with Gasteiger partial charge in [-0.15, -0.1) is 0 Å². The Kier molecular flexibility index (Phi) is 6.07. The molecule has 1 aromatic rings. The minimum absolute atomic E-state index is 0.00444. The van der Waals surface area contributed by atoms with Gasteiger partial charge in [-0.2, -0.15) is 0 Å². The van der Waals surface area contributed by atoms with E-state index in [2.05, 4.69) is 27.7 Å². The lowest BCUT2D eigenvalue weighted by molar-refractivity contribution is -0.123. The fourth-order valence-electron chi connectivity index (χ4n) is 5.13. The molecular formula is C22H33N3O3. The zero-order valence-electron chi connectivity index (χ0n) is 17.1. The Balaban J connectivity index is 1.28. The summed E-state index contributed by atoms with van der Waals surface area (Å²) in [5.74, 6) is 2.52. The Morgan fingerprint density at radius 2 is 1.89 bits per heavy atom. The van der Waals surface area contributed by atoms with E-state index in [4.69, 9.17) is 9.47 Å². The maximum atomic E-state index is 12.8. The van der Waals surface area contributed by atoms with Gasteiger partial charge in [0.05, 0.1) is 20.3 Å². The number of carbonyl (C=O) groups excluding carboxylic acids is 1. The fraction of sp³-hybridized carbons (Fsp3) is 0.682. The van der Waals surface area contributed by atoms with Crippen LogP contribution in [0.5, 0.6) is 11.5 Å². The molecule has 0 aromatic heterocycles. The Hall–Kier alpha value is -1.79. The molecule has 1 aromatic carbocycles. The van der Waals surface area contributed by atoms with Crippen molar-refractivity contribution in [2.75, 3.05) is 27.3 Å². The molecule has 28 heavy (non-hydrogen) atoms. The normalized spacial score (nSPS) is 30.1. The van der Waals surface area contributed by atoms with Gasteiger partial charge in [0.15, 0.2) is 0 Å². The van der Waals surface area contributed by atoms with Crippen LogP contribution in [0, 0.1) is 5.92 Å². The predicted octanol–water partition coefficient (Wildman–Crippen LogP) is 2.31. The second kappa shape index (κ2) is 8.70. The quantitative estimate of drug-likeness (QED) is 0.784. The number of fused-ring (bicyclic) bond motifs is 1. The number of hydrogen-bond acceptors (Lipinski definition) is 5. The summed E-state index contributed by atoms with van der Waals surface area (Å²) in [6.45, 7) is 2.73. The van der Waals surface area contributed by atoms with Crippen LogP contribution in [0.4, 0.5) is 0 Å². The zero-order chi connectivity index (χ0) is 19.5. The molecule has 4 rings (SSSR count). The van der Waals surface area contributed by atoms with Gasteiger partial charge in [-0.3, -0.25) is 9.69 Å². The highest BCUT2D eigenvalue weighted by atomic mass is 16.5. The molecule has 6 nitrogen and oxygen atoms in total. The molecule has 6 heteroatoms. The number of amides is 1. The zero-order valence-corrected chi connectivity index (χ0v) is 17.1. The third-order valence-corrected chi connectivity index (χ3v) is 6.62. The van der Waals surface area contributed by atoms with E-state index >= 15 is 0 Å². The lowest BCUT2D eigenvalue weighted by atomic mass is 9.85. The first-order chi connectivity index (χ1) is 13.6. The number of rotatable bonds is 6. The second-order valence-electron chi connectivity index (χ2n) is 8.56. The van der Waals surface area contributed by atoms with E-state index in [0.29, 0.717) is 12.0 Å². The second-order valence-corrected chi connectivity index (χ2v) is 8.56. The van der Waals surface area contributed by atoms with Crippen LogP contribution in [0.3, 0.4) is 0 Å². The lowest BCUT2D eigenvalue weighted by Crippen LogP contribution is -2.47. The first-order valence-corrected chi connectivity index (χ1v) is 10.7. The van der Waals surface area contributed by atoms with Crippen molar-refractivity contribution in [2.45, 2.75) is 63.2 Å². The standard InChI is InChI=1S/C22H33N3O3/c1-27-18-9-15(10-19(12-18)28-2)13-25-8-7-17(14-25)23-22(26)21-11-16-5-3-4-6-20(16)24-21/h9-10,12,16-17,20-21,24H,3-8,11,13-14H2,1-2H3,(H,23,26). The van der Waals surface area contributed by atoms with Crippen LogP contribution in [0.2, 0.25) is 0 Å². The molecule has 1 amide bonds. The van der Waals surface area contributed by atoms with Gasteiger partial charge in [0, 0.05) is 37.8 Å². The van der Waals surface area contributed by atoms with E-state index in [1.165, 1.54) is 31.2 Å². The fourth-order valence-corrected chi connectivity index (χ4v) is 5.13. The van der Waals surface area contributed by atoms with Crippen LogP contribution in [-0.2, 0) is 11.3 Å². The number of hydrogen-bond donors (Lipinski definition) is 2. The number of carbonyl (C=O) groups is 1. The molecule has 4 atom stereocenters. The Labute approximate surface area is 168 Å². The molecular weight excluding hydrogens is 354 g/mol. The molecule has 2 N–H and O–H groups in total. The molecule has 2 saturated heterocycles. The van der Waals surface area contributed by atoms with E-state index in [1.54, 1.807) is 14.2 Å². The largest absolute Gasteiger partial charge is 0.497 e. The molecule has 154 valence electrons. The Morgan fingerprint density at radius 3 is 2.61 bits per heavy atom. The van der Waals surface area contributed by atoms with Crippen LogP contribution in [-0.4, -0.2) is 56.2 Å². The van der Waals surface area contributed by atoms with Crippen molar-refractivity contribution in [2.24, 2.45) is 5.92 Å². The monoisotopic (exact) mass is 387 g/mol. The van der Waals surface area contributed by atoms with Gasteiger partial charge in [0.25, 0.3) is 0 Å². The van der Waals surface area contributed by atoms with Gasteiger partial charge in [0.1, 0.15) is 11.5 Å². The molecule has 4 unspecified atom stereocenters. The van der Waals surface area contributed by atoms with Gasteiger partial charge in [0.2, 0.25) is 5.91 Å². The van der Waals surface area contributed by atoms with Crippen molar-refractivity contribution < 1.29 is 14.3 Å². The summed E-state index contributed by atoms with van der Waals surface area (Å²) < 4.78 is 10.7. The third-order valence-electron chi connectivity index (χ3n) is 6.62. The molecule has 2 aliphatic heterocycles. The van der Waals surface area contributed by atoms with Crippen molar-refractivity contribution in [3.63, 3.8) is 0 Å². The van der Waals surface area contributed by atoms with Crippen molar-refractivity contribution >= 4 is 5.91 Å². The number of ether oxygens (including phenoxy) is 2. The lowest BCUT2D eigenvalue weighted by Gasteiger charge is -2.24. The first kappa shape index (κ1) is 19.5. The van der Waals surface area contributed by atoms with Crippen LogP contribution < -0.4 is 20.1 Å². The van der Waals surface area contributed by atoms with Gasteiger partial charge in [-0.1, -0.05) is 12.8 Å². The maximum absolute atomic E-state index is 12.8. The maximum Gasteiger partial charge on any atom is 0.237 e. The smallest absolute Gasteiger partial charge is 0.237 e. The molecule has 3 aliphatic rings. The van der Waals surface area contributed by atoms with E-state index in [0.717, 1.165) is 44.0 Å². The van der Waals surface area contributed by atoms with Gasteiger partial charge >= 0.3 is 0 Å². The van der Waals surface area contributed by atoms with E-state index < -0.39 is 0 Å². The molecule has 3 fully saturated rings. The molecule has 0 radical (unpaired) electrons. The molecule has 1 aliphatic carbocycles. The molecule has 1 saturated carbocycles. The summed E-state index contributed by atoms with van der Waals surface area (Å²) in [5.41, 5.74) is 1.17. The van der Waals surface area contributed by atoms with Crippen LogP contribution in [0.25, 0.3) is 0 Å². The summed E-state index contributed by atoms with van der Waals surface area (Å²) >= 11 is 0. The van der Waals surface area contributed by atoms with E-state index in [9.17, 15) is 4.79 Å². The first-order valence-electron chi connectivity index (χ1n) is 10.7. The summed E-state index contributed by atoms with van der Waals surface area (Å²) in [6, 6.07) is 6.81. The van der Waals surface area contributed by atoms with E-state index in [1.807, 2.05) is 6.07 Å². The minimum Gasteiger partial charge on any atom is -0.497 e. The summed E-state index contributed by atoms with van der Waals surface area (Å²) in [6.07, 6.45) is 7.15. The number of benzene rings is 1. The van der Waals surface area contributed by atoms with Crippen molar-refractivity contribution in [1.82, 2.24) is 15.5 Å². The molecule has 0 spiro atoms. The summed E-state index contributed by atoms with van der Waals surface area (Å²) in [7, 11) is 3.35. The average molecular weight is 388 g/mol. The van der Waals surface area contributed by atoms with Gasteiger partial charge in [-0.05, 0) is 49.3 Å². The number of methoxy groups -OCH3 is 2. The van der Waals surface area contributed by atoms with Crippen LogP contribution in [0.1, 0.15) is 44.1 Å². The van der Waals surface area contributed by atoms with Gasteiger partial charge < -0.3 is 20.1 Å². The van der Waals surface area contributed by atoms with Crippen molar-refractivity contribution in [1.29, 1.82) is 0 Å².